The second kappa shape index (κ2) is 5.26. The van der Waals surface area contributed by atoms with Crippen LogP contribution in [0.1, 0.15) is 16.7 Å². The van der Waals surface area contributed by atoms with Gasteiger partial charge in [0.15, 0.2) is 4.67 Å². The molecular formula is C12H9BrCl2O. The summed E-state index contributed by atoms with van der Waals surface area (Å²) in [6.07, 6.45) is 0.654. The first kappa shape index (κ1) is 12.0. The smallest absolute Gasteiger partial charge is 0.169 e. The van der Waals surface area contributed by atoms with Crippen LogP contribution >= 0.6 is 39.1 Å². The lowest BCUT2D eigenvalue weighted by Crippen LogP contribution is -1.94. The third-order valence-corrected chi connectivity index (χ3v) is 3.42. The summed E-state index contributed by atoms with van der Waals surface area (Å²) < 4.78 is 6.09. The molecule has 0 saturated carbocycles. The Kier molecular flexibility index (Phi) is 3.95. The predicted octanol–water partition coefficient (Wildman–Crippen LogP) is 5.22. The van der Waals surface area contributed by atoms with Gasteiger partial charge in [0.25, 0.3) is 0 Å². The van der Waals surface area contributed by atoms with Crippen LogP contribution in [0.2, 0.25) is 5.02 Å². The van der Waals surface area contributed by atoms with Crippen LogP contribution in [0.3, 0.4) is 0 Å². The van der Waals surface area contributed by atoms with Crippen LogP contribution in [0.5, 0.6) is 0 Å². The van der Waals surface area contributed by atoms with E-state index in [4.69, 9.17) is 27.6 Å². The fourth-order valence-electron chi connectivity index (χ4n) is 1.45. The fourth-order valence-corrected chi connectivity index (χ4v) is 2.27. The number of alkyl halides is 1. The lowest BCUT2D eigenvalue weighted by Gasteiger charge is -2.07. The van der Waals surface area contributed by atoms with E-state index in [1.165, 1.54) is 0 Å². The van der Waals surface area contributed by atoms with Gasteiger partial charge in [-0.15, -0.1) is 11.6 Å². The largest absolute Gasteiger partial charge is 0.453 e. The molecule has 1 nitrogen and oxygen atoms in total. The van der Waals surface area contributed by atoms with Crippen molar-refractivity contribution in [3.8, 4) is 0 Å². The predicted molar refractivity (Wildman–Crippen MR) is 70.2 cm³/mol. The van der Waals surface area contributed by atoms with Crippen LogP contribution in [-0.2, 0) is 6.42 Å². The summed E-state index contributed by atoms with van der Waals surface area (Å²) in [5.41, 5.74) is 1.02. The minimum Gasteiger partial charge on any atom is -0.453 e. The summed E-state index contributed by atoms with van der Waals surface area (Å²) in [5, 5.41) is 0.532. The first-order valence-corrected chi connectivity index (χ1v) is 6.40. The maximum Gasteiger partial charge on any atom is 0.169 e. The Hall–Kier alpha value is -0.440. The standard InChI is InChI=1S/C12H9BrCl2O/c13-12-6-5-11(16-12)10(15)7-8-3-1-2-4-9(8)14/h1-6,10H,7H2. The topological polar surface area (TPSA) is 13.1 Å². The van der Waals surface area contributed by atoms with Crippen molar-refractivity contribution in [2.24, 2.45) is 0 Å². The SMILES string of the molecule is Clc1ccccc1CC(Cl)c1ccc(Br)o1. The van der Waals surface area contributed by atoms with E-state index in [0.717, 1.165) is 16.3 Å². The first-order chi connectivity index (χ1) is 7.66. The minimum absolute atomic E-state index is 0.203. The summed E-state index contributed by atoms with van der Waals surface area (Å²) in [4.78, 5) is 0. The summed E-state index contributed by atoms with van der Waals surface area (Å²) >= 11 is 15.6. The van der Waals surface area contributed by atoms with Crippen LogP contribution in [0.4, 0.5) is 0 Å². The summed E-state index contributed by atoms with van der Waals surface area (Å²) in [5.74, 6) is 0.744. The van der Waals surface area contributed by atoms with Gasteiger partial charge in [0.05, 0.1) is 5.38 Å². The van der Waals surface area contributed by atoms with E-state index in [1.807, 2.05) is 36.4 Å². The lowest BCUT2D eigenvalue weighted by atomic mass is 10.1. The monoisotopic (exact) mass is 318 g/mol. The molecule has 16 heavy (non-hydrogen) atoms. The van der Waals surface area contributed by atoms with Crippen molar-refractivity contribution in [3.05, 3.63) is 57.4 Å². The second-order valence-corrected chi connectivity index (χ2v) is 5.12. The zero-order chi connectivity index (χ0) is 11.5. The van der Waals surface area contributed by atoms with Gasteiger partial charge >= 0.3 is 0 Å². The highest BCUT2D eigenvalue weighted by Gasteiger charge is 2.14. The maximum atomic E-state index is 6.25. The van der Waals surface area contributed by atoms with Crippen LogP contribution in [0.25, 0.3) is 0 Å². The average molecular weight is 320 g/mol. The second-order valence-electron chi connectivity index (χ2n) is 3.40. The highest BCUT2D eigenvalue weighted by Crippen LogP contribution is 2.30. The molecule has 0 amide bonds. The van der Waals surface area contributed by atoms with Crippen molar-refractivity contribution in [2.45, 2.75) is 11.8 Å². The fraction of sp³-hybridized carbons (Fsp3) is 0.167. The molecule has 0 fully saturated rings. The quantitative estimate of drug-likeness (QED) is 0.707. The Labute approximate surface area is 112 Å². The number of benzene rings is 1. The lowest BCUT2D eigenvalue weighted by molar-refractivity contribution is 0.481. The Morgan fingerprint density at radius 3 is 2.56 bits per heavy atom. The van der Waals surface area contributed by atoms with Crippen LogP contribution in [-0.4, -0.2) is 0 Å². The molecule has 1 aromatic carbocycles. The molecule has 0 aliphatic rings. The Bertz CT molecular complexity index is 481. The van der Waals surface area contributed by atoms with Crippen molar-refractivity contribution in [3.63, 3.8) is 0 Å². The number of rotatable bonds is 3. The van der Waals surface area contributed by atoms with Gasteiger partial charge in [0.2, 0.25) is 0 Å². The average Bonchev–Trinajstić information content (AvgIpc) is 2.68. The minimum atomic E-state index is -0.203. The first-order valence-electron chi connectivity index (χ1n) is 4.79. The number of halogens is 3. The summed E-state index contributed by atoms with van der Waals surface area (Å²) in [7, 11) is 0. The van der Waals surface area contributed by atoms with E-state index in [0.29, 0.717) is 11.1 Å². The molecule has 1 aromatic heterocycles. The van der Waals surface area contributed by atoms with E-state index >= 15 is 0 Å². The van der Waals surface area contributed by atoms with Gasteiger partial charge in [-0.3, -0.25) is 0 Å². The number of hydrogen-bond donors (Lipinski definition) is 0. The molecule has 2 aromatic rings. The van der Waals surface area contributed by atoms with E-state index in [-0.39, 0.29) is 5.38 Å². The molecule has 0 aliphatic heterocycles. The molecule has 1 heterocycles. The molecule has 84 valence electrons. The molecule has 2 rings (SSSR count). The zero-order valence-corrected chi connectivity index (χ0v) is 11.4. The van der Waals surface area contributed by atoms with Crippen molar-refractivity contribution >= 4 is 39.1 Å². The Morgan fingerprint density at radius 2 is 1.94 bits per heavy atom. The Balaban J connectivity index is 2.13. The van der Waals surface area contributed by atoms with Crippen molar-refractivity contribution < 1.29 is 4.42 Å². The molecule has 4 heteroatoms. The van der Waals surface area contributed by atoms with Gasteiger partial charge in [-0.2, -0.15) is 0 Å². The van der Waals surface area contributed by atoms with Gasteiger partial charge in [0.1, 0.15) is 5.76 Å². The molecule has 0 saturated heterocycles. The van der Waals surface area contributed by atoms with Crippen molar-refractivity contribution in [2.75, 3.05) is 0 Å². The number of hydrogen-bond acceptors (Lipinski definition) is 1. The van der Waals surface area contributed by atoms with E-state index < -0.39 is 0 Å². The molecule has 0 N–H and O–H groups in total. The molecule has 0 radical (unpaired) electrons. The molecule has 1 atom stereocenters. The number of furan rings is 1. The third kappa shape index (κ3) is 2.82. The zero-order valence-electron chi connectivity index (χ0n) is 8.29. The van der Waals surface area contributed by atoms with Crippen LogP contribution in [0.15, 0.2) is 45.5 Å². The van der Waals surface area contributed by atoms with Crippen molar-refractivity contribution in [1.29, 1.82) is 0 Å². The summed E-state index contributed by atoms with van der Waals surface area (Å²) in [6, 6.07) is 11.4. The van der Waals surface area contributed by atoms with Gasteiger partial charge in [0, 0.05) is 5.02 Å². The normalized spacial score (nSPS) is 12.7. The van der Waals surface area contributed by atoms with Crippen molar-refractivity contribution in [1.82, 2.24) is 0 Å². The molecule has 0 spiro atoms. The van der Waals surface area contributed by atoms with E-state index in [2.05, 4.69) is 15.9 Å². The summed E-state index contributed by atoms with van der Waals surface area (Å²) in [6.45, 7) is 0. The van der Waals surface area contributed by atoms with Gasteiger partial charge in [-0.05, 0) is 46.1 Å². The molecular weight excluding hydrogens is 311 g/mol. The van der Waals surface area contributed by atoms with Crippen LogP contribution < -0.4 is 0 Å². The Morgan fingerprint density at radius 1 is 1.19 bits per heavy atom. The molecule has 1 unspecified atom stereocenters. The van der Waals surface area contributed by atoms with E-state index in [9.17, 15) is 0 Å². The van der Waals surface area contributed by atoms with E-state index in [1.54, 1.807) is 0 Å². The molecule has 0 bridgehead atoms. The molecule has 0 aliphatic carbocycles. The highest BCUT2D eigenvalue weighted by atomic mass is 79.9. The van der Waals surface area contributed by atoms with Gasteiger partial charge < -0.3 is 4.42 Å². The van der Waals surface area contributed by atoms with Gasteiger partial charge in [-0.25, -0.2) is 0 Å². The van der Waals surface area contributed by atoms with Gasteiger partial charge in [-0.1, -0.05) is 29.8 Å². The van der Waals surface area contributed by atoms with Crippen LogP contribution in [0, 0.1) is 0 Å². The highest BCUT2D eigenvalue weighted by molar-refractivity contribution is 9.10. The maximum absolute atomic E-state index is 6.25. The third-order valence-electron chi connectivity index (χ3n) is 2.26.